The van der Waals surface area contributed by atoms with Crippen LogP contribution in [0, 0.1) is 5.41 Å². The number of hydrogen-bond donors (Lipinski definition) is 0. The van der Waals surface area contributed by atoms with Crippen LogP contribution in [0.2, 0.25) is 0 Å². The Kier molecular flexibility index (Phi) is 3.41. The van der Waals surface area contributed by atoms with Gasteiger partial charge in [0.2, 0.25) is 0 Å². The van der Waals surface area contributed by atoms with Crippen LogP contribution in [-0.2, 0) is 14.3 Å². The highest BCUT2D eigenvalue weighted by molar-refractivity contribution is 6.05. The Labute approximate surface area is 140 Å². The third-order valence-corrected chi connectivity index (χ3v) is 5.16. The minimum atomic E-state index is -1.22. The molecule has 1 saturated carbocycles. The molecule has 2 aromatic carbocycles. The number of fused-ring (bicyclic) bond motifs is 3. The van der Waals surface area contributed by atoms with Gasteiger partial charge in [0.1, 0.15) is 5.75 Å². The fraction of sp³-hybridized carbons (Fsp3) is 0.300. The first-order valence-corrected chi connectivity index (χ1v) is 8.22. The van der Waals surface area contributed by atoms with Gasteiger partial charge in [-0.1, -0.05) is 48.5 Å². The van der Waals surface area contributed by atoms with Crippen LogP contribution < -0.4 is 4.74 Å². The van der Waals surface area contributed by atoms with Gasteiger partial charge in [0, 0.05) is 11.5 Å². The molecule has 0 amide bonds. The molecule has 0 radical (unpaired) electrons. The fourth-order valence-electron chi connectivity index (χ4n) is 4.05. The van der Waals surface area contributed by atoms with Gasteiger partial charge >= 0.3 is 11.9 Å². The van der Waals surface area contributed by atoms with E-state index in [1.165, 1.54) is 0 Å². The molecule has 0 N–H and O–H groups in total. The molecule has 1 heterocycles. The van der Waals surface area contributed by atoms with Gasteiger partial charge in [0.05, 0.1) is 6.61 Å². The monoisotopic (exact) mass is 322 g/mol. The Hall–Kier alpha value is -2.62. The van der Waals surface area contributed by atoms with E-state index in [0.29, 0.717) is 12.2 Å². The number of carbonyl (C=O) groups excluding carboxylic acids is 2. The number of esters is 2. The number of para-hydroxylation sites is 1. The Morgan fingerprint density at radius 2 is 1.88 bits per heavy atom. The normalized spacial score (nSPS) is 27.3. The highest BCUT2D eigenvalue weighted by Gasteiger charge is 2.68. The summed E-state index contributed by atoms with van der Waals surface area (Å²) in [6.07, 6.45) is 0.424. The highest BCUT2D eigenvalue weighted by atomic mass is 16.6. The lowest BCUT2D eigenvalue weighted by Crippen LogP contribution is -2.59. The number of hydrogen-bond acceptors (Lipinski definition) is 4. The maximum atomic E-state index is 12.7. The van der Waals surface area contributed by atoms with Gasteiger partial charge in [0.15, 0.2) is 5.41 Å². The van der Waals surface area contributed by atoms with Crippen LogP contribution in [0.3, 0.4) is 0 Å². The predicted molar refractivity (Wildman–Crippen MR) is 87.7 cm³/mol. The first-order valence-electron chi connectivity index (χ1n) is 8.22. The van der Waals surface area contributed by atoms with E-state index < -0.39 is 17.4 Å². The van der Waals surface area contributed by atoms with Crippen LogP contribution in [0.15, 0.2) is 54.6 Å². The lowest BCUT2D eigenvalue weighted by atomic mass is 9.49. The summed E-state index contributed by atoms with van der Waals surface area (Å²) in [7, 11) is 0. The van der Waals surface area contributed by atoms with Crippen molar-refractivity contribution in [2.45, 2.75) is 25.2 Å². The second-order valence-electron chi connectivity index (χ2n) is 6.32. The summed E-state index contributed by atoms with van der Waals surface area (Å²) in [5, 5.41) is 0. The van der Waals surface area contributed by atoms with E-state index in [4.69, 9.17) is 9.47 Å². The first-order chi connectivity index (χ1) is 11.7. The standard InChI is InChI=1S/C20H18O4/c1-2-23-18(21)20-12-15(13-8-4-3-5-9-13)17(20)14-10-6-7-11-16(14)24-19(20)22/h3-11,15,17H,2,12H2,1H3/t15-,17+,20-/m0/s1. The van der Waals surface area contributed by atoms with Crippen molar-refractivity contribution in [3.05, 3.63) is 65.7 Å². The quantitative estimate of drug-likeness (QED) is 0.493. The summed E-state index contributed by atoms with van der Waals surface area (Å²) in [5.41, 5.74) is 0.822. The number of carbonyl (C=O) groups is 2. The van der Waals surface area contributed by atoms with Crippen molar-refractivity contribution < 1.29 is 19.1 Å². The van der Waals surface area contributed by atoms with E-state index in [1.807, 2.05) is 48.5 Å². The second kappa shape index (κ2) is 5.48. The van der Waals surface area contributed by atoms with Crippen molar-refractivity contribution in [3.63, 3.8) is 0 Å². The van der Waals surface area contributed by atoms with Crippen molar-refractivity contribution in [3.8, 4) is 5.75 Å². The zero-order valence-corrected chi connectivity index (χ0v) is 13.4. The zero-order valence-electron chi connectivity index (χ0n) is 13.4. The van der Waals surface area contributed by atoms with Crippen LogP contribution in [0.4, 0.5) is 0 Å². The van der Waals surface area contributed by atoms with Gasteiger partial charge < -0.3 is 9.47 Å². The highest BCUT2D eigenvalue weighted by Crippen LogP contribution is 2.65. The zero-order chi connectivity index (χ0) is 16.7. The minimum absolute atomic E-state index is 0.101. The van der Waals surface area contributed by atoms with Crippen molar-refractivity contribution >= 4 is 11.9 Å². The summed E-state index contributed by atoms with van der Waals surface area (Å²) in [6.45, 7) is 2.00. The molecule has 0 unspecified atom stereocenters. The Bertz CT molecular complexity index is 798. The van der Waals surface area contributed by atoms with Crippen LogP contribution in [-0.4, -0.2) is 18.5 Å². The van der Waals surface area contributed by atoms with Gasteiger partial charge in [0.25, 0.3) is 0 Å². The number of rotatable bonds is 3. The molecule has 0 saturated heterocycles. The van der Waals surface area contributed by atoms with E-state index in [9.17, 15) is 9.59 Å². The molecular weight excluding hydrogens is 304 g/mol. The molecule has 4 nitrogen and oxygen atoms in total. The topological polar surface area (TPSA) is 52.6 Å². The third-order valence-electron chi connectivity index (χ3n) is 5.16. The molecule has 1 aliphatic heterocycles. The SMILES string of the molecule is CCOC(=O)[C@]12C[C@@H](c3ccccc3)[C@H]1c1ccccc1OC2=O. The van der Waals surface area contributed by atoms with E-state index in [-0.39, 0.29) is 18.4 Å². The van der Waals surface area contributed by atoms with Gasteiger partial charge in [-0.2, -0.15) is 0 Å². The molecule has 2 aliphatic rings. The average Bonchev–Trinajstić information content (AvgIpc) is 2.56. The Morgan fingerprint density at radius 1 is 1.17 bits per heavy atom. The molecule has 3 atom stereocenters. The van der Waals surface area contributed by atoms with Crippen LogP contribution in [0.1, 0.15) is 36.3 Å². The first kappa shape index (κ1) is 14.9. The molecule has 24 heavy (non-hydrogen) atoms. The van der Waals surface area contributed by atoms with Crippen molar-refractivity contribution in [2.24, 2.45) is 5.41 Å². The molecule has 1 fully saturated rings. The fourth-order valence-corrected chi connectivity index (χ4v) is 4.05. The lowest BCUT2D eigenvalue weighted by Gasteiger charge is -2.53. The smallest absolute Gasteiger partial charge is 0.329 e. The average molecular weight is 322 g/mol. The molecule has 0 spiro atoms. The van der Waals surface area contributed by atoms with Gasteiger partial charge in [-0.05, 0) is 30.9 Å². The van der Waals surface area contributed by atoms with Gasteiger partial charge in [-0.3, -0.25) is 9.59 Å². The van der Waals surface area contributed by atoms with Crippen molar-refractivity contribution in [1.29, 1.82) is 0 Å². The Morgan fingerprint density at radius 3 is 2.62 bits per heavy atom. The molecular formula is C20H18O4. The maximum absolute atomic E-state index is 12.7. The molecule has 4 rings (SSSR count). The summed E-state index contributed by atoms with van der Waals surface area (Å²) in [5.74, 6) is -0.549. The molecule has 122 valence electrons. The largest absolute Gasteiger partial charge is 0.465 e. The molecule has 1 aliphatic carbocycles. The van der Waals surface area contributed by atoms with E-state index in [2.05, 4.69) is 0 Å². The van der Waals surface area contributed by atoms with Gasteiger partial charge in [-0.15, -0.1) is 0 Å². The van der Waals surface area contributed by atoms with E-state index in [0.717, 1.165) is 11.1 Å². The summed E-state index contributed by atoms with van der Waals surface area (Å²) < 4.78 is 10.7. The molecule has 0 aromatic heterocycles. The van der Waals surface area contributed by atoms with Crippen molar-refractivity contribution in [1.82, 2.24) is 0 Å². The maximum Gasteiger partial charge on any atom is 0.329 e. The Balaban J connectivity index is 1.83. The van der Waals surface area contributed by atoms with Gasteiger partial charge in [-0.25, -0.2) is 0 Å². The summed E-state index contributed by atoms with van der Waals surface area (Å²) >= 11 is 0. The van der Waals surface area contributed by atoms with Crippen molar-refractivity contribution in [2.75, 3.05) is 6.61 Å². The lowest BCUT2D eigenvalue weighted by molar-refractivity contribution is -0.180. The number of ether oxygens (including phenoxy) is 2. The van der Waals surface area contributed by atoms with Crippen LogP contribution in [0.5, 0.6) is 5.75 Å². The van der Waals surface area contributed by atoms with Crippen LogP contribution in [0.25, 0.3) is 0 Å². The predicted octanol–water partition coefficient (Wildman–Crippen LogP) is 3.43. The summed E-state index contributed by atoms with van der Waals surface area (Å²) in [6, 6.07) is 17.5. The van der Waals surface area contributed by atoms with E-state index in [1.54, 1.807) is 13.0 Å². The van der Waals surface area contributed by atoms with Crippen LogP contribution >= 0.6 is 0 Å². The summed E-state index contributed by atoms with van der Waals surface area (Å²) in [4.78, 5) is 25.4. The molecule has 0 bridgehead atoms. The molecule has 2 aromatic rings. The molecule has 4 heteroatoms. The third kappa shape index (κ3) is 1.92. The van der Waals surface area contributed by atoms with E-state index >= 15 is 0 Å². The minimum Gasteiger partial charge on any atom is -0.465 e. The second-order valence-corrected chi connectivity index (χ2v) is 6.32. The number of benzene rings is 2.